The number of carbonyl (C=O) groups is 1. The van der Waals surface area contributed by atoms with E-state index in [1.807, 2.05) is 12.2 Å². The van der Waals surface area contributed by atoms with Gasteiger partial charge in [-0.05, 0) is 50.0 Å². The molecule has 3 aromatic rings. The Labute approximate surface area is 196 Å². The number of anilines is 1. The number of amides is 1. The molecule has 2 aliphatic rings. The molecule has 1 aromatic carbocycles. The van der Waals surface area contributed by atoms with Gasteiger partial charge in [0.1, 0.15) is 29.4 Å². The van der Waals surface area contributed by atoms with Crippen molar-refractivity contribution in [3.8, 4) is 17.0 Å². The lowest BCUT2D eigenvalue weighted by Crippen LogP contribution is -2.40. The van der Waals surface area contributed by atoms with Gasteiger partial charge in [-0.25, -0.2) is 19.0 Å². The van der Waals surface area contributed by atoms with Crippen LogP contribution in [-0.2, 0) is 4.79 Å². The van der Waals surface area contributed by atoms with Gasteiger partial charge < -0.3 is 15.3 Å². The van der Waals surface area contributed by atoms with Crippen LogP contribution in [0.1, 0.15) is 31.7 Å². The Kier molecular flexibility index (Phi) is 5.83. The molecular formula is C25H25FN6O2. The summed E-state index contributed by atoms with van der Waals surface area (Å²) in [6.45, 7) is 4.71. The number of carbonyl (C=O) groups excluding carboxylic acids is 1. The van der Waals surface area contributed by atoms with Crippen molar-refractivity contribution in [3.05, 3.63) is 66.9 Å². The highest BCUT2D eigenvalue weighted by atomic mass is 19.1. The molecule has 1 atom stereocenters. The molecule has 0 radical (unpaired) electrons. The average Bonchev–Trinajstić information content (AvgIpc) is 3.25. The number of nitrogens with one attached hydrogen (secondary N) is 1. The Morgan fingerprint density at radius 1 is 1.32 bits per heavy atom. The number of allylic oxidation sites excluding steroid dienone is 4. The standard InChI is InChI=1S/C25H25FN6O2/c1-2-21(34)31-12-6-9-17(14-31)32-25-22(23(30-32)19-11-10-18(33)13-20(19)26)24(27-15-28-25)29-16-7-4-3-5-8-16/h2-4,7,10-11,13,15,17,33H,1,5-6,8-9,12,14H2,(H,27,28,29). The van der Waals surface area contributed by atoms with E-state index in [1.54, 1.807) is 9.58 Å². The number of fused-ring (bicyclic) bond motifs is 1. The maximum atomic E-state index is 15.0. The smallest absolute Gasteiger partial charge is 0.246 e. The summed E-state index contributed by atoms with van der Waals surface area (Å²) < 4.78 is 16.7. The molecule has 3 heterocycles. The lowest BCUT2D eigenvalue weighted by Gasteiger charge is -2.32. The minimum absolute atomic E-state index is 0.125. The molecule has 174 valence electrons. The van der Waals surface area contributed by atoms with Crippen LogP contribution in [0, 0.1) is 5.82 Å². The van der Waals surface area contributed by atoms with Crippen molar-refractivity contribution in [2.24, 2.45) is 0 Å². The van der Waals surface area contributed by atoms with Crippen molar-refractivity contribution in [3.63, 3.8) is 0 Å². The molecule has 2 N–H and O–H groups in total. The van der Waals surface area contributed by atoms with Crippen LogP contribution in [-0.4, -0.2) is 48.8 Å². The van der Waals surface area contributed by atoms with E-state index in [-0.39, 0.29) is 23.3 Å². The maximum absolute atomic E-state index is 15.0. The summed E-state index contributed by atoms with van der Waals surface area (Å²) in [5.74, 6) is -0.340. The molecule has 0 saturated carbocycles. The van der Waals surface area contributed by atoms with Gasteiger partial charge in [0.05, 0.1) is 11.4 Å². The van der Waals surface area contributed by atoms with Crippen molar-refractivity contribution in [1.29, 1.82) is 0 Å². The highest BCUT2D eigenvalue weighted by molar-refractivity contribution is 5.99. The summed E-state index contributed by atoms with van der Waals surface area (Å²) in [6, 6.07) is 3.87. The first-order valence-electron chi connectivity index (χ1n) is 11.3. The number of likely N-dealkylation sites (tertiary alicyclic amines) is 1. The Morgan fingerprint density at radius 2 is 2.21 bits per heavy atom. The molecule has 5 rings (SSSR count). The second-order valence-electron chi connectivity index (χ2n) is 8.45. The van der Waals surface area contributed by atoms with E-state index in [1.165, 1.54) is 24.5 Å². The predicted molar refractivity (Wildman–Crippen MR) is 128 cm³/mol. The van der Waals surface area contributed by atoms with E-state index in [0.29, 0.717) is 35.6 Å². The molecule has 1 amide bonds. The zero-order valence-corrected chi connectivity index (χ0v) is 18.6. The highest BCUT2D eigenvalue weighted by Crippen LogP contribution is 2.37. The summed E-state index contributed by atoms with van der Waals surface area (Å²) in [6.07, 6.45) is 12.2. The fourth-order valence-corrected chi connectivity index (χ4v) is 4.55. The molecule has 34 heavy (non-hydrogen) atoms. The first-order valence-corrected chi connectivity index (χ1v) is 11.3. The zero-order chi connectivity index (χ0) is 23.7. The SMILES string of the molecule is C=CC(=O)N1CCCC(n2nc(-c3ccc(O)cc3F)c3c(NC4=CC=CCC4)ncnc32)C1. The zero-order valence-electron chi connectivity index (χ0n) is 18.6. The van der Waals surface area contributed by atoms with E-state index in [0.717, 1.165) is 37.4 Å². The lowest BCUT2D eigenvalue weighted by molar-refractivity contribution is -0.127. The van der Waals surface area contributed by atoms with Crippen molar-refractivity contribution >= 4 is 22.8 Å². The first-order chi connectivity index (χ1) is 16.5. The van der Waals surface area contributed by atoms with Gasteiger partial charge in [-0.2, -0.15) is 5.10 Å². The summed E-state index contributed by atoms with van der Waals surface area (Å²) >= 11 is 0. The molecule has 9 heteroatoms. The molecule has 1 aliphatic heterocycles. The van der Waals surface area contributed by atoms with E-state index >= 15 is 0 Å². The summed E-state index contributed by atoms with van der Waals surface area (Å²) in [5, 5.41) is 18.5. The molecule has 1 saturated heterocycles. The van der Waals surface area contributed by atoms with Crippen LogP contribution < -0.4 is 5.32 Å². The number of aromatic hydroxyl groups is 1. The minimum Gasteiger partial charge on any atom is -0.508 e. The van der Waals surface area contributed by atoms with Gasteiger partial charge in [0.15, 0.2) is 5.65 Å². The van der Waals surface area contributed by atoms with Crippen LogP contribution in [0.15, 0.2) is 61.1 Å². The molecule has 1 fully saturated rings. The molecule has 2 aromatic heterocycles. The normalized spacial score (nSPS) is 18.1. The van der Waals surface area contributed by atoms with Crippen molar-refractivity contribution in [2.75, 3.05) is 18.4 Å². The number of hydrogen-bond donors (Lipinski definition) is 2. The predicted octanol–water partition coefficient (Wildman–Crippen LogP) is 4.33. The van der Waals surface area contributed by atoms with Gasteiger partial charge in [-0.3, -0.25) is 4.79 Å². The van der Waals surface area contributed by atoms with Gasteiger partial charge >= 0.3 is 0 Å². The number of phenols is 1. The van der Waals surface area contributed by atoms with Crippen molar-refractivity contribution < 1.29 is 14.3 Å². The number of hydrogen-bond acceptors (Lipinski definition) is 6. The van der Waals surface area contributed by atoms with Crippen molar-refractivity contribution in [1.82, 2.24) is 24.6 Å². The van der Waals surface area contributed by atoms with E-state index in [2.05, 4.69) is 27.9 Å². The van der Waals surface area contributed by atoms with E-state index in [4.69, 9.17) is 5.10 Å². The number of halogens is 1. The fourth-order valence-electron chi connectivity index (χ4n) is 4.55. The first kappa shape index (κ1) is 21.8. The summed E-state index contributed by atoms with van der Waals surface area (Å²) in [4.78, 5) is 23.0. The third-order valence-corrected chi connectivity index (χ3v) is 6.22. The van der Waals surface area contributed by atoms with Gasteiger partial charge in [0, 0.05) is 30.4 Å². The fraction of sp³-hybridized carbons (Fsp3) is 0.280. The number of aromatic nitrogens is 4. The van der Waals surface area contributed by atoms with Gasteiger partial charge in [0.2, 0.25) is 5.91 Å². The number of nitrogens with zero attached hydrogens (tertiary/aromatic N) is 5. The Balaban J connectivity index is 1.66. The third kappa shape index (κ3) is 4.05. The number of phenolic OH excluding ortho intramolecular Hbond substituents is 1. The average molecular weight is 461 g/mol. The second kappa shape index (κ2) is 9.09. The molecular weight excluding hydrogens is 435 g/mol. The Hall–Kier alpha value is -4.01. The van der Waals surface area contributed by atoms with E-state index < -0.39 is 5.82 Å². The minimum atomic E-state index is -0.590. The lowest BCUT2D eigenvalue weighted by atomic mass is 10.1. The largest absolute Gasteiger partial charge is 0.508 e. The molecule has 1 unspecified atom stereocenters. The van der Waals surface area contributed by atoms with E-state index in [9.17, 15) is 14.3 Å². The van der Waals surface area contributed by atoms with Crippen LogP contribution >= 0.6 is 0 Å². The highest BCUT2D eigenvalue weighted by Gasteiger charge is 2.29. The second-order valence-corrected chi connectivity index (χ2v) is 8.45. The van der Waals surface area contributed by atoms with Crippen LogP contribution in [0.2, 0.25) is 0 Å². The summed E-state index contributed by atoms with van der Waals surface area (Å²) in [7, 11) is 0. The topological polar surface area (TPSA) is 96.2 Å². The van der Waals surface area contributed by atoms with Crippen LogP contribution in [0.4, 0.5) is 10.2 Å². The number of piperidine rings is 1. The third-order valence-electron chi connectivity index (χ3n) is 6.22. The van der Waals surface area contributed by atoms with Gasteiger partial charge in [-0.1, -0.05) is 18.7 Å². The summed E-state index contributed by atoms with van der Waals surface area (Å²) in [5.41, 5.74) is 2.18. The van der Waals surface area contributed by atoms with Gasteiger partial charge in [0.25, 0.3) is 0 Å². The molecule has 1 aliphatic carbocycles. The Bertz CT molecular complexity index is 1330. The molecule has 0 bridgehead atoms. The van der Waals surface area contributed by atoms with Gasteiger partial charge in [-0.15, -0.1) is 0 Å². The Morgan fingerprint density at radius 3 is 2.97 bits per heavy atom. The monoisotopic (exact) mass is 460 g/mol. The number of benzene rings is 1. The van der Waals surface area contributed by atoms with Crippen LogP contribution in [0.25, 0.3) is 22.3 Å². The van der Waals surface area contributed by atoms with Crippen molar-refractivity contribution in [2.45, 2.75) is 31.7 Å². The molecule has 0 spiro atoms. The van der Waals surface area contributed by atoms with Crippen LogP contribution in [0.5, 0.6) is 5.75 Å². The maximum Gasteiger partial charge on any atom is 0.246 e. The van der Waals surface area contributed by atoms with Crippen LogP contribution in [0.3, 0.4) is 0 Å². The molecule has 8 nitrogen and oxygen atoms in total. The quantitative estimate of drug-likeness (QED) is 0.550. The number of rotatable bonds is 5.